The zero-order valence-electron chi connectivity index (χ0n) is 18.1. The van der Waals surface area contributed by atoms with Crippen LogP contribution < -0.4 is 9.47 Å². The van der Waals surface area contributed by atoms with Gasteiger partial charge in [-0.2, -0.15) is 10.1 Å². The lowest BCUT2D eigenvalue weighted by Crippen LogP contribution is -2.28. The Morgan fingerprint density at radius 3 is 2.38 bits per heavy atom. The fourth-order valence-electron chi connectivity index (χ4n) is 4.98. The average molecular weight is 482 g/mol. The zero-order valence-corrected chi connectivity index (χ0v) is 18.8. The van der Waals surface area contributed by atoms with Crippen molar-refractivity contribution in [3.8, 4) is 11.5 Å². The number of imide groups is 1. The van der Waals surface area contributed by atoms with E-state index < -0.39 is 4.92 Å². The molecule has 34 heavy (non-hydrogen) atoms. The number of nitro groups is 1. The second-order valence-electron chi connectivity index (χ2n) is 8.48. The number of carbonyl (C=O) groups is 2. The van der Waals surface area contributed by atoms with Crippen molar-refractivity contribution in [1.82, 2.24) is 5.01 Å². The highest BCUT2D eigenvalue weighted by Gasteiger charge is 2.59. The van der Waals surface area contributed by atoms with Crippen molar-refractivity contribution in [3.63, 3.8) is 0 Å². The number of rotatable bonds is 7. The number of hydrogen-bond donors (Lipinski definition) is 0. The molecule has 5 rings (SSSR count). The van der Waals surface area contributed by atoms with Gasteiger partial charge in [-0.3, -0.25) is 19.7 Å². The smallest absolute Gasteiger partial charge is 0.315 e. The van der Waals surface area contributed by atoms with Gasteiger partial charge in [0.15, 0.2) is 5.75 Å². The number of halogens is 1. The summed E-state index contributed by atoms with van der Waals surface area (Å²) >= 11 is 5.89. The summed E-state index contributed by atoms with van der Waals surface area (Å²) in [6.45, 7) is 0.0672. The number of hydrogen-bond acceptors (Lipinski definition) is 7. The number of ether oxygens (including phenoxy) is 2. The first-order valence-corrected chi connectivity index (χ1v) is 11.1. The summed E-state index contributed by atoms with van der Waals surface area (Å²) in [7, 11) is 1.37. The molecule has 4 unspecified atom stereocenters. The Balaban J connectivity index is 1.39. The fraction of sp³-hybridized carbons (Fsp3) is 0.292. The molecule has 3 aliphatic rings. The molecular formula is C24H20ClN3O6. The van der Waals surface area contributed by atoms with Crippen LogP contribution in [0.5, 0.6) is 11.5 Å². The summed E-state index contributed by atoms with van der Waals surface area (Å²) < 4.78 is 11.0. The second kappa shape index (κ2) is 8.57. The molecule has 1 aliphatic heterocycles. The molecule has 0 spiro atoms. The number of methoxy groups -OCH3 is 1. The van der Waals surface area contributed by atoms with E-state index in [0.717, 1.165) is 17.0 Å². The molecule has 9 nitrogen and oxygen atoms in total. The summed E-state index contributed by atoms with van der Waals surface area (Å²) in [5, 5.41) is 17.3. The molecule has 1 saturated carbocycles. The van der Waals surface area contributed by atoms with Crippen LogP contribution in [0, 0.1) is 33.8 Å². The first-order chi connectivity index (χ1) is 16.4. The highest BCUT2D eigenvalue weighted by molar-refractivity contribution is 6.30. The normalized spacial score (nSPS) is 24.8. The van der Waals surface area contributed by atoms with E-state index in [9.17, 15) is 19.7 Å². The van der Waals surface area contributed by atoms with E-state index in [1.807, 2.05) is 12.2 Å². The topological polar surface area (TPSA) is 111 Å². The van der Waals surface area contributed by atoms with Crippen LogP contribution in [-0.2, 0) is 16.2 Å². The molecule has 2 aromatic rings. The molecular weight excluding hydrogens is 462 g/mol. The van der Waals surface area contributed by atoms with E-state index in [0.29, 0.717) is 10.6 Å². The Bertz CT molecular complexity index is 1210. The summed E-state index contributed by atoms with van der Waals surface area (Å²) in [6, 6.07) is 9.67. The maximum Gasteiger partial charge on any atom is 0.315 e. The molecule has 2 amide bonds. The molecule has 0 N–H and O–H groups in total. The van der Waals surface area contributed by atoms with Gasteiger partial charge in [-0.15, -0.1) is 0 Å². The van der Waals surface area contributed by atoms with Crippen LogP contribution in [0.3, 0.4) is 0 Å². The van der Waals surface area contributed by atoms with Gasteiger partial charge in [-0.05, 0) is 42.0 Å². The highest BCUT2D eigenvalue weighted by Crippen LogP contribution is 2.52. The largest absolute Gasteiger partial charge is 0.493 e. The quantitative estimate of drug-likeness (QED) is 0.194. The molecule has 2 fully saturated rings. The number of hydrazone groups is 1. The lowest BCUT2D eigenvalue weighted by atomic mass is 9.85. The van der Waals surface area contributed by atoms with E-state index in [1.54, 1.807) is 24.3 Å². The van der Waals surface area contributed by atoms with Crippen LogP contribution in [0.1, 0.15) is 17.5 Å². The Labute approximate surface area is 199 Å². The van der Waals surface area contributed by atoms with Gasteiger partial charge in [0.25, 0.3) is 11.8 Å². The third-order valence-corrected chi connectivity index (χ3v) is 6.79. The van der Waals surface area contributed by atoms with Crippen LogP contribution in [0.4, 0.5) is 5.69 Å². The Hall–Kier alpha value is -3.72. The Kier molecular flexibility index (Phi) is 5.57. The number of allylic oxidation sites excluding steroid dienone is 2. The average Bonchev–Trinajstić information content (AvgIpc) is 3.51. The molecule has 0 aromatic heterocycles. The van der Waals surface area contributed by atoms with Gasteiger partial charge >= 0.3 is 5.69 Å². The van der Waals surface area contributed by atoms with Crippen molar-refractivity contribution in [2.24, 2.45) is 28.8 Å². The van der Waals surface area contributed by atoms with Crippen LogP contribution in [0.2, 0.25) is 5.02 Å². The SMILES string of the molecule is COc1cc(C=NN2C(=O)C3C4C=CC(C4)C3C2=O)cc([N+](=O)[O-])c1OCc1ccc(Cl)cc1. The minimum Gasteiger partial charge on any atom is -0.493 e. The molecule has 2 aliphatic carbocycles. The third-order valence-electron chi connectivity index (χ3n) is 6.54. The van der Waals surface area contributed by atoms with E-state index in [-0.39, 0.29) is 59.3 Å². The number of fused-ring (bicyclic) bond motifs is 5. The van der Waals surface area contributed by atoms with E-state index in [4.69, 9.17) is 21.1 Å². The number of nitro benzene ring substituents is 1. The molecule has 10 heteroatoms. The first kappa shape index (κ1) is 22.1. The van der Waals surface area contributed by atoms with Crippen molar-refractivity contribution in [1.29, 1.82) is 0 Å². The minimum atomic E-state index is -0.586. The van der Waals surface area contributed by atoms with Gasteiger partial charge in [0.1, 0.15) is 6.61 Å². The number of benzene rings is 2. The maximum atomic E-state index is 12.8. The van der Waals surface area contributed by atoms with Gasteiger partial charge in [0.2, 0.25) is 5.75 Å². The van der Waals surface area contributed by atoms with Crippen molar-refractivity contribution < 1.29 is 24.0 Å². The summed E-state index contributed by atoms with van der Waals surface area (Å²) in [6.07, 6.45) is 6.08. The standard InChI is InChI=1S/C24H20ClN3O6/c1-33-19-9-14(8-18(28(31)32)22(19)34-12-13-2-6-17(25)7-3-13)11-26-27-23(29)20-15-4-5-16(10-15)21(20)24(27)30/h2-9,11,15-16,20-21H,10,12H2,1H3. The van der Waals surface area contributed by atoms with Crippen LogP contribution in [0.25, 0.3) is 0 Å². The van der Waals surface area contributed by atoms with Gasteiger partial charge in [-0.25, -0.2) is 0 Å². The fourth-order valence-corrected chi connectivity index (χ4v) is 5.10. The lowest BCUT2D eigenvalue weighted by Gasteiger charge is -2.13. The monoisotopic (exact) mass is 481 g/mol. The molecule has 2 bridgehead atoms. The molecule has 2 aromatic carbocycles. The predicted molar refractivity (Wildman–Crippen MR) is 123 cm³/mol. The Morgan fingerprint density at radius 1 is 1.15 bits per heavy atom. The predicted octanol–water partition coefficient (Wildman–Crippen LogP) is 3.98. The van der Waals surface area contributed by atoms with Crippen LogP contribution >= 0.6 is 11.6 Å². The van der Waals surface area contributed by atoms with Crippen molar-refractivity contribution in [2.45, 2.75) is 13.0 Å². The number of nitrogens with zero attached hydrogens (tertiary/aromatic N) is 3. The van der Waals surface area contributed by atoms with E-state index in [1.165, 1.54) is 25.5 Å². The van der Waals surface area contributed by atoms with Gasteiger partial charge in [0, 0.05) is 16.7 Å². The maximum absolute atomic E-state index is 12.8. The molecule has 174 valence electrons. The molecule has 1 heterocycles. The van der Waals surface area contributed by atoms with Gasteiger partial charge in [0.05, 0.1) is 30.1 Å². The molecule has 0 radical (unpaired) electrons. The van der Waals surface area contributed by atoms with Gasteiger partial charge < -0.3 is 9.47 Å². The summed E-state index contributed by atoms with van der Waals surface area (Å²) in [4.78, 5) is 36.8. The van der Waals surface area contributed by atoms with E-state index >= 15 is 0 Å². The van der Waals surface area contributed by atoms with Crippen molar-refractivity contribution in [2.75, 3.05) is 7.11 Å². The van der Waals surface area contributed by atoms with Crippen molar-refractivity contribution >= 4 is 35.3 Å². The summed E-state index contributed by atoms with van der Waals surface area (Å²) in [5.41, 5.74) is 0.737. The molecule has 1 saturated heterocycles. The summed E-state index contributed by atoms with van der Waals surface area (Å²) in [5.74, 6) is -1.15. The van der Waals surface area contributed by atoms with Crippen molar-refractivity contribution in [3.05, 3.63) is 74.8 Å². The molecule has 4 atom stereocenters. The number of amides is 2. The second-order valence-corrected chi connectivity index (χ2v) is 8.91. The first-order valence-electron chi connectivity index (χ1n) is 10.7. The lowest BCUT2D eigenvalue weighted by molar-refractivity contribution is -0.386. The third kappa shape index (κ3) is 3.71. The minimum absolute atomic E-state index is 0.0369. The van der Waals surface area contributed by atoms with Crippen LogP contribution in [0.15, 0.2) is 53.7 Å². The van der Waals surface area contributed by atoms with E-state index in [2.05, 4.69) is 5.10 Å². The Morgan fingerprint density at radius 2 is 1.79 bits per heavy atom. The van der Waals surface area contributed by atoms with Gasteiger partial charge in [-0.1, -0.05) is 35.9 Å². The van der Waals surface area contributed by atoms with Crippen LogP contribution in [-0.4, -0.2) is 35.1 Å². The highest BCUT2D eigenvalue weighted by atomic mass is 35.5. The number of carbonyl (C=O) groups excluding carboxylic acids is 2. The zero-order chi connectivity index (χ0) is 24.0.